The Balaban J connectivity index is 1.41. The number of hydrazone groups is 1. The lowest BCUT2D eigenvalue weighted by molar-refractivity contribution is -0.385. The van der Waals surface area contributed by atoms with Gasteiger partial charge in [-0.1, -0.05) is 30.0 Å². The Hall–Kier alpha value is -3.53. The van der Waals surface area contributed by atoms with Crippen molar-refractivity contribution in [1.82, 2.24) is 10.4 Å². The van der Waals surface area contributed by atoms with Crippen molar-refractivity contribution in [3.8, 4) is 11.5 Å². The van der Waals surface area contributed by atoms with Gasteiger partial charge in [0.15, 0.2) is 15.8 Å². The summed E-state index contributed by atoms with van der Waals surface area (Å²) in [4.78, 5) is 26.6. The summed E-state index contributed by atoms with van der Waals surface area (Å²) < 4.78 is 38.0. The van der Waals surface area contributed by atoms with E-state index in [9.17, 15) is 23.3 Å². The second kappa shape index (κ2) is 11.9. The maximum atomic E-state index is 12.7. The number of carbonyl (C=O) groups is 1. The maximum Gasteiger partial charge on any atom is 0.339 e. The van der Waals surface area contributed by atoms with Crippen LogP contribution >= 0.6 is 39.0 Å². The minimum Gasteiger partial charge on any atom is -0.493 e. The number of ether oxygens (including phenoxy) is 1. The number of para-hydroxylation sites is 1. The number of nitro groups is 1. The number of thioether (sulfide) groups is 1. The first kappa shape index (κ1) is 27.5. The number of halogens is 1. The van der Waals surface area contributed by atoms with E-state index in [2.05, 4.69) is 31.4 Å². The number of non-ortho nitro benzene ring substituents is 1. The number of nitrogens with one attached hydrogen (secondary N) is 1. The molecule has 0 saturated heterocycles. The Labute approximate surface area is 233 Å². The Kier molecular flexibility index (Phi) is 8.61. The molecule has 0 bridgehead atoms. The van der Waals surface area contributed by atoms with Crippen LogP contribution in [0.5, 0.6) is 11.5 Å². The van der Waals surface area contributed by atoms with Gasteiger partial charge in [-0.3, -0.25) is 14.9 Å². The molecular weight excluding hydrogens is 620 g/mol. The Morgan fingerprint density at radius 2 is 2.03 bits per heavy atom. The molecule has 0 saturated carbocycles. The summed E-state index contributed by atoms with van der Waals surface area (Å²) in [6.45, 7) is 0. The van der Waals surface area contributed by atoms with Crippen LogP contribution in [-0.4, -0.2) is 43.3 Å². The Bertz CT molecular complexity index is 1630. The number of rotatable bonds is 10. The molecule has 1 aromatic heterocycles. The third kappa shape index (κ3) is 6.66. The zero-order chi connectivity index (χ0) is 27.3. The van der Waals surface area contributed by atoms with Gasteiger partial charge >= 0.3 is 10.1 Å². The fourth-order valence-corrected chi connectivity index (χ4v) is 6.56. The van der Waals surface area contributed by atoms with E-state index in [-0.39, 0.29) is 27.6 Å². The van der Waals surface area contributed by atoms with Crippen LogP contribution < -0.4 is 14.3 Å². The molecule has 0 spiro atoms. The van der Waals surface area contributed by atoms with Crippen molar-refractivity contribution in [2.75, 3.05) is 12.9 Å². The summed E-state index contributed by atoms with van der Waals surface area (Å²) in [6, 6.07) is 15.2. The van der Waals surface area contributed by atoms with Crippen molar-refractivity contribution in [3.63, 3.8) is 0 Å². The summed E-state index contributed by atoms with van der Waals surface area (Å²) >= 11 is 6.05. The molecule has 0 unspecified atom stereocenters. The second-order valence-corrected chi connectivity index (χ2v) is 12.0. The van der Waals surface area contributed by atoms with Gasteiger partial charge < -0.3 is 8.92 Å². The van der Waals surface area contributed by atoms with Crippen LogP contribution in [0.25, 0.3) is 10.2 Å². The molecule has 0 atom stereocenters. The molecule has 196 valence electrons. The Morgan fingerprint density at radius 3 is 2.76 bits per heavy atom. The van der Waals surface area contributed by atoms with Gasteiger partial charge in [-0.2, -0.15) is 13.5 Å². The third-order valence-corrected chi connectivity index (χ3v) is 8.75. The predicted molar refractivity (Wildman–Crippen MR) is 148 cm³/mol. The van der Waals surface area contributed by atoms with Crippen molar-refractivity contribution in [2.45, 2.75) is 9.24 Å². The van der Waals surface area contributed by atoms with Gasteiger partial charge in [-0.15, -0.1) is 11.3 Å². The molecule has 0 aliphatic rings. The highest BCUT2D eigenvalue weighted by molar-refractivity contribution is 9.10. The topological polar surface area (TPSA) is 150 Å². The zero-order valence-corrected chi connectivity index (χ0v) is 23.4. The Morgan fingerprint density at radius 1 is 1.24 bits per heavy atom. The minimum absolute atomic E-state index is 0.0487. The smallest absolute Gasteiger partial charge is 0.339 e. The van der Waals surface area contributed by atoms with E-state index in [1.54, 1.807) is 0 Å². The first-order chi connectivity index (χ1) is 18.2. The summed E-state index contributed by atoms with van der Waals surface area (Å²) in [6.07, 6.45) is 1.35. The molecule has 11 nitrogen and oxygen atoms in total. The molecule has 1 heterocycles. The summed E-state index contributed by atoms with van der Waals surface area (Å²) in [5.74, 6) is -0.327. The lowest BCUT2D eigenvalue weighted by atomic mass is 10.2. The highest BCUT2D eigenvalue weighted by Crippen LogP contribution is 2.38. The lowest BCUT2D eigenvalue weighted by Crippen LogP contribution is -2.19. The van der Waals surface area contributed by atoms with E-state index in [1.165, 1.54) is 66.8 Å². The number of thiazole rings is 1. The minimum atomic E-state index is -4.42. The van der Waals surface area contributed by atoms with E-state index >= 15 is 0 Å². The average Bonchev–Trinajstić information content (AvgIpc) is 3.32. The largest absolute Gasteiger partial charge is 0.493 e. The first-order valence-electron chi connectivity index (χ1n) is 10.5. The maximum absolute atomic E-state index is 12.7. The van der Waals surface area contributed by atoms with Crippen molar-refractivity contribution in [1.29, 1.82) is 0 Å². The standard InChI is InChI=1S/C23H17BrN4O7S3/c1-34-19-10-14(12-25-27-21(29)13-36-23-26-18-7-2-3-8-20(18)37-23)9-17(24)22(19)35-38(32,33)16-6-4-5-15(11-16)28(30)31/h2-12H,13H2,1H3,(H,27,29)/b25-12-. The molecule has 38 heavy (non-hydrogen) atoms. The van der Waals surface area contributed by atoms with Gasteiger partial charge in [0.2, 0.25) is 0 Å². The fourth-order valence-electron chi connectivity index (χ4n) is 3.06. The van der Waals surface area contributed by atoms with Crippen molar-refractivity contribution >= 4 is 77.2 Å². The molecule has 0 aliphatic carbocycles. The number of nitro benzene ring substituents is 1. The quantitative estimate of drug-likeness (QED) is 0.0835. The number of amides is 1. The highest BCUT2D eigenvalue weighted by Gasteiger charge is 2.24. The van der Waals surface area contributed by atoms with Gasteiger partial charge in [0.25, 0.3) is 11.6 Å². The van der Waals surface area contributed by atoms with Crippen LogP contribution in [0.1, 0.15) is 5.56 Å². The molecule has 1 N–H and O–H groups in total. The molecule has 15 heteroatoms. The van der Waals surface area contributed by atoms with Crippen molar-refractivity contribution in [2.24, 2.45) is 5.10 Å². The fraction of sp³-hybridized carbons (Fsp3) is 0.0870. The van der Waals surface area contributed by atoms with E-state index in [4.69, 9.17) is 8.92 Å². The first-order valence-corrected chi connectivity index (χ1v) is 14.5. The summed E-state index contributed by atoms with van der Waals surface area (Å²) in [7, 11) is -3.10. The van der Waals surface area contributed by atoms with Gasteiger partial charge in [0, 0.05) is 12.1 Å². The number of hydrogen-bond acceptors (Lipinski definition) is 11. The molecule has 0 fully saturated rings. The lowest BCUT2D eigenvalue weighted by Gasteiger charge is -2.13. The highest BCUT2D eigenvalue weighted by atomic mass is 79.9. The van der Waals surface area contributed by atoms with Crippen molar-refractivity contribution in [3.05, 3.63) is 80.8 Å². The van der Waals surface area contributed by atoms with Gasteiger partial charge in [0.1, 0.15) is 4.90 Å². The number of hydrogen-bond donors (Lipinski definition) is 1. The normalized spacial score (nSPS) is 11.5. The van der Waals surface area contributed by atoms with E-state index in [0.717, 1.165) is 20.6 Å². The number of nitrogens with zero attached hydrogens (tertiary/aromatic N) is 3. The number of benzene rings is 3. The number of aromatic nitrogens is 1. The SMILES string of the molecule is COc1cc(/C=N\NC(=O)CSc2nc3ccccc3s2)cc(Br)c1OS(=O)(=O)c1cccc([N+](=O)[O-])c1. The van der Waals surface area contributed by atoms with Gasteiger partial charge in [0.05, 0.1) is 38.7 Å². The third-order valence-electron chi connectivity index (χ3n) is 4.77. The van der Waals surface area contributed by atoms with Crippen LogP contribution in [0.2, 0.25) is 0 Å². The number of fused-ring (bicyclic) bond motifs is 1. The number of methoxy groups -OCH3 is 1. The molecule has 1 amide bonds. The molecular formula is C23H17BrN4O7S3. The molecule has 3 aromatic carbocycles. The summed E-state index contributed by atoms with van der Waals surface area (Å²) in [5.41, 5.74) is 3.38. The van der Waals surface area contributed by atoms with E-state index in [1.807, 2.05) is 24.3 Å². The van der Waals surface area contributed by atoms with Crippen LogP contribution in [0.4, 0.5) is 5.69 Å². The van der Waals surface area contributed by atoms with Crippen molar-refractivity contribution < 1.29 is 27.1 Å². The zero-order valence-electron chi connectivity index (χ0n) is 19.4. The van der Waals surface area contributed by atoms with Gasteiger partial charge in [-0.05, 0) is 51.8 Å². The predicted octanol–water partition coefficient (Wildman–Crippen LogP) is 4.99. The molecule has 0 aliphatic heterocycles. The van der Waals surface area contributed by atoms with Crippen LogP contribution in [0.3, 0.4) is 0 Å². The van der Waals surface area contributed by atoms with Crippen LogP contribution in [0.15, 0.2) is 79.5 Å². The van der Waals surface area contributed by atoms with Gasteiger partial charge in [-0.25, -0.2) is 10.4 Å². The molecule has 4 aromatic rings. The van der Waals surface area contributed by atoms with Crippen LogP contribution in [0, 0.1) is 10.1 Å². The molecule has 0 radical (unpaired) electrons. The number of carbonyl (C=O) groups excluding carboxylic acids is 1. The summed E-state index contributed by atoms with van der Waals surface area (Å²) in [5, 5.41) is 14.9. The van der Waals surface area contributed by atoms with E-state index < -0.39 is 25.6 Å². The molecule has 4 rings (SSSR count). The van der Waals surface area contributed by atoms with E-state index in [0.29, 0.717) is 5.56 Å². The monoisotopic (exact) mass is 636 g/mol. The average molecular weight is 638 g/mol. The van der Waals surface area contributed by atoms with Crippen LogP contribution in [-0.2, 0) is 14.9 Å². The second-order valence-electron chi connectivity index (χ2n) is 7.36.